The number of nitrogens with zero attached hydrogens (tertiary/aromatic N) is 5. The van der Waals surface area contributed by atoms with E-state index in [2.05, 4.69) is 10.1 Å². The maximum atomic E-state index is 13.5. The summed E-state index contributed by atoms with van der Waals surface area (Å²) >= 11 is 6.16. The molecule has 1 aliphatic rings. The second-order valence-electron chi connectivity index (χ2n) is 8.39. The monoisotopic (exact) mass is 449 g/mol. The van der Waals surface area contributed by atoms with E-state index in [1.54, 1.807) is 15.5 Å². The van der Waals surface area contributed by atoms with Gasteiger partial charge in [-0.2, -0.15) is 4.98 Å². The maximum absolute atomic E-state index is 13.5. The molecule has 2 aromatic heterocycles. The molecule has 32 heavy (non-hydrogen) atoms. The van der Waals surface area contributed by atoms with Gasteiger partial charge in [0.1, 0.15) is 0 Å². The Hall–Kier alpha value is -3.19. The molecule has 0 spiro atoms. The number of benzene rings is 2. The Kier molecular flexibility index (Phi) is 5.43. The summed E-state index contributed by atoms with van der Waals surface area (Å²) in [6.45, 7) is 3.73. The molecule has 7 nitrogen and oxygen atoms in total. The quantitative estimate of drug-likeness (QED) is 0.472. The van der Waals surface area contributed by atoms with Gasteiger partial charge in [0.2, 0.25) is 11.5 Å². The number of rotatable bonds is 3. The molecule has 4 aromatic rings. The minimum Gasteiger partial charge on any atom is -0.336 e. The standard InChI is InChI=1S/C24H24ClN5O2/c1-16-9-10-19-20(13-16)29(15-17-7-6-8-18(25)14-17)24(32)22-26-21(27-30(19)22)23(31)28-11-4-2-3-5-12-28/h6-10,13-14H,2-5,11-12,15H2,1H3. The number of carbonyl (C=O) groups is 1. The summed E-state index contributed by atoms with van der Waals surface area (Å²) in [5.41, 5.74) is 3.27. The lowest BCUT2D eigenvalue weighted by atomic mass is 10.2. The summed E-state index contributed by atoms with van der Waals surface area (Å²) in [6.07, 6.45) is 4.21. The minimum absolute atomic E-state index is 0.0754. The second-order valence-corrected chi connectivity index (χ2v) is 8.83. The minimum atomic E-state index is -0.287. The van der Waals surface area contributed by atoms with Gasteiger partial charge in [-0.05, 0) is 55.2 Å². The van der Waals surface area contributed by atoms with Crippen molar-refractivity contribution in [3.05, 3.63) is 74.8 Å². The Morgan fingerprint density at radius 2 is 1.81 bits per heavy atom. The van der Waals surface area contributed by atoms with Crippen LogP contribution < -0.4 is 5.56 Å². The molecule has 1 fully saturated rings. The van der Waals surface area contributed by atoms with Crippen LogP contribution in [-0.4, -0.2) is 43.1 Å². The average molecular weight is 450 g/mol. The van der Waals surface area contributed by atoms with E-state index >= 15 is 0 Å². The van der Waals surface area contributed by atoms with E-state index in [-0.39, 0.29) is 22.9 Å². The smallest absolute Gasteiger partial charge is 0.296 e. The Labute approximate surface area is 190 Å². The van der Waals surface area contributed by atoms with Crippen molar-refractivity contribution in [1.29, 1.82) is 0 Å². The van der Waals surface area contributed by atoms with Crippen molar-refractivity contribution < 1.29 is 4.79 Å². The number of hydrogen-bond donors (Lipinski definition) is 0. The molecule has 1 saturated heterocycles. The molecule has 0 bridgehead atoms. The number of likely N-dealkylation sites (tertiary alicyclic amines) is 1. The predicted molar refractivity (Wildman–Crippen MR) is 124 cm³/mol. The van der Waals surface area contributed by atoms with E-state index in [0.717, 1.165) is 47.8 Å². The first-order valence-electron chi connectivity index (χ1n) is 10.9. The van der Waals surface area contributed by atoms with E-state index in [0.29, 0.717) is 24.7 Å². The van der Waals surface area contributed by atoms with E-state index < -0.39 is 0 Å². The van der Waals surface area contributed by atoms with Crippen LogP contribution in [0.4, 0.5) is 0 Å². The van der Waals surface area contributed by atoms with E-state index in [1.165, 1.54) is 4.52 Å². The number of aryl methyl sites for hydroxylation is 1. The number of amides is 1. The number of halogens is 1. The summed E-state index contributed by atoms with van der Waals surface area (Å²) < 4.78 is 3.19. The van der Waals surface area contributed by atoms with Crippen molar-refractivity contribution >= 4 is 34.2 Å². The predicted octanol–water partition coefficient (Wildman–Crippen LogP) is 4.07. The topological polar surface area (TPSA) is 72.5 Å². The van der Waals surface area contributed by atoms with Crippen molar-refractivity contribution in [2.45, 2.75) is 39.2 Å². The molecule has 0 atom stereocenters. The Balaban J connectivity index is 1.66. The molecular formula is C24H24ClN5O2. The van der Waals surface area contributed by atoms with Crippen LogP contribution in [-0.2, 0) is 6.54 Å². The number of aromatic nitrogens is 4. The van der Waals surface area contributed by atoms with Gasteiger partial charge < -0.3 is 4.90 Å². The molecule has 8 heteroatoms. The molecule has 5 rings (SSSR count). The first-order valence-corrected chi connectivity index (χ1v) is 11.3. The summed E-state index contributed by atoms with van der Waals surface area (Å²) in [6, 6.07) is 13.3. The van der Waals surface area contributed by atoms with Crippen molar-refractivity contribution in [2.75, 3.05) is 13.1 Å². The second kappa shape index (κ2) is 8.39. The molecule has 0 aliphatic carbocycles. The molecular weight excluding hydrogens is 426 g/mol. The summed E-state index contributed by atoms with van der Waals surface area (Å²) in [7, 11) is 0. The van der Waals surface area contributed by atoms with Crippen LogP contribution >= 0.6 is 11.6 Å². The molecule has 1 amide bonds. The third-order valence-corrected chi connectivity index (χ3v) is 6.24. The summed E-state index contributed by atoms with van der Waals surface area (Å²) in [4.78, 5) is 32.8. The van der Waals surface area contributed by atoms with Crippen LogP contribution in [0.5, 0.6) is 0 Å². The largest absolute Gasteiger partial charge is 0.336 e. The molecule has 1 aliphatic heterocycles. The highest BCUT2D eigenvalue weighted by Gasteiger charge is 2.24. The van der Waals surface area contributed by atoms with Crippen LogP contribution in [0.3, 0.4) is 0 Å². The van der Waals surface area contributed by atoms with Gasteiger partial charge in [-0.15, -0.1) is 5.10 Å². The highest BCUT2D eigenvalue weighted by molar-refractivity contribution is 6.30. The number of hydrogen-bond acceptors (Lipinski definition) is 4. The van der Waals surface area contributed by atoms with Gasteiger partial charge in [0.25, 0.3) is 11.5 Å². The third kappa shape index (κ3) is 3.77. The van der Waals surface area contributed by atoms with Gasteiger partial charge in [0.15, 0.2) is 0 Å². The first-order chi connectivity index (χ1) is 15.5. The zero-order valence-electron chi connectivity index (χ0n) is 17.9. The fourth-order valence-corrected chi connectivity index (χ4v) is 4.57. The van der Waals surface area contributed by atoms with Gasteiger partial charge in [0, 0.05) is 18.1 Å². The van der Waals surface area contributed by atoms with Gasteiger partial charge in [-0.25, -0.2) is 4.52 Å². The van der Waals surface area contributed by atoms with Crippen LogP contribution in [0.2, 0.25) is 5.02 Å². The molecule has 164 valence electrons. The van der Waals surface area contributed by atoms with Crippen LogP contribution in [0.1, 0.15) is 47.4 Å². The number of fused-ring (bicyclic) bond motifs is 3. The van der Waals surface area contributed by atoms with Crippen LogP contribution in [0.15, 0.2) is 47.3 Å². The molecule has 0 N–H and O–H groups in total. The maximum Gasteiger partial charge on any atom is 0.296 e. The van der Waals surface area contributed by atoms with Crippen LogP contribution in [0.25, 0.3) is 16.7 Å². The fourth-order valence-electron chi connectivity index (χ4n) is 4.36. The Morgan fingerprint density at radius 1 is 1.03 bits per heavy atom. The summed E-state index contributed by atoms with van der Waals surface area (Å²) in [5.74, 6) is -0.136. The Morgan fingerprint density at radius 3 is 2.56 bits per heavy atom. The van der Waals surface area contributed by atoms with Crippen LogP contribution in [0, 0.1) is 6.92 Å². The SMILES string of the molecule is Cc1ccc2c(c1)n(Cc1cccc(Cl)c1)c(=O)c1nc(C(=O)N3CCCCCC3)nn12. The lowest BCUT2D eigenvalue weighted by molar-refractivity contribution is 0.0749. The Bertz CT molecular complexity index is 1380. The van der Waals surface area contributed by atoms with Crippen molar-refractivity contribution in [3.63, 3.8) is 0 Å². The van der Waals surface area contributed by atoms with Crippen molar-refractivity contribution in [2.24, 2.45) is 0 Å². The normalized spacial score (nSPS) is 14.8. The summed E-state index contributed by atoms with van der Waals surface area (Å²) in [5, 5.41) is 5.09. The van der Waals surface area contributed by atoms with E-state index in [4.69, 9.17) is 11.6 Å². The van der Waals surface area contributed by atoms with Gasteiger partial charge in [-0.1, -0.05) is 42.6 Å². The lowest BCUT2D eigenvalue weighted by Crippen LogP contribution is -2.32. The fraction of sp³-hybridized carbons (Fsp3) is 0.333. The highest BCUT2D eigenvalue weighted by atomic mass is 35.5. The van der Waals surface area contributed by atoms with Crippen molar-refractivity contribution in [3.8, 4) is 0 Å². The molecule has 3 heterocycles. The third-order valence-electron chi connectivity index (χ3n) is 6.01. The van der Waals surface area contributed by atoms with Gasteiger partial charge in [-0.3, -0.25) is 14.2 Å². The number of carbonyl (C=O) groups excluding carboxylic acids is 1. The zero-order valence-corrected chi connectivity index (χ0v) is 18.7. The van der Waals surface area contributed by atoms with Crippen molar-refractivity contribution in [1.82, 2.24) is 24.1 Å². The zero-order chi connectivity index (χ0) is 22.2. The first kappa shape index (κ1) is 20.7. The molecule has 0 unspecified atom stereocenters. The highest BCUT2D eigenvalue weighted by Crippen LogP contribution is 2.19. The molecule has 0 radical (unpaired) electrons. The van der Waals surface area contributed by atoms with E-state index in [9.17, 15) is 9.59 Å². The van der Waals surface area contributed by atoms with E-state index in [1.807, 2.05) is 43.3 Å². The molecule has 2 aromatic carbocycles. The molecule has 0 saturated carbocycles. The lowest BCUT2D eigenvalue weighted by Gasteiger charge is -2.17. The van der Waals surface area contributed by atoms with Gasteiger partial charge in [0.05, 0.1) is 17.6 Å². The average Bonchev–Trinajstić information content (AvgIpc) is 3.04. The van der Waals surface area contributed by atoms with Gasteiger partial charge >= 0.3 is 0 Å².